The van der Waals surface area contributed by atoms with Crippen LogP contribution in [0.2, 0.25) is 10.0 Å². The third kappa shape index (κ3) is 6.29. The van der Waals surface area contributed by atoms with Gasteiger partial charge < -0.3 is 0 Å². The molecule has 6 nitrogen and oxygen atoms in total. The second-order valence-corrected chi connectivity index (χ2v) is 10.1. The lowest BCUT2D eigenvalue weighted by molar-refractivity contribution is -0.481. The van der Waals surface area contributed by atoms with Crippen molar-refractivity contribution >= 4 is 62.6 Å². The van der Waals surface area contributed by atoms with Gasteiger partial charge in [-0.3, -0.25) is 20.2 Å². The lowest BCUT2D eigenvalue weighted by Crippen LogP contribution is -2.20. The summed E-state index contributed by atoms with van der Waals surface area (Å²) in [6.45, 7) is 5.10. The van der Waals surface area contributed by atoms with Gasteiger partial charge in [-0.15, -0.1) is 28.3 Å². The number of benzene rings is 2. The number of thiazole rings is 1. The first-order chi connectivity index (χ1) is 15.4. The third-order valence-corrected chi connectivity index (χ3v) is 6.41. The maximum absolute atomic E-state index is 14.0. The van der Waals surface area contributed by atoms with Crippen molar-refractivity contribution in [2.45, 2.75) is 32.1 Å². The number of rotatable bonds is 6. The quantitative estimate of drug-likeness (QED) is 0.240. The van der Waals surface area contributed by atoms with Crippen LogP contribution in [0, 0.1) is 21.7 Å². The molecule has 0 bridgehead atoms. The van der Waals surface area contributed by atoms with Gasteiger partial charge in [0.2, 0.25) is 6.54 Å². The Bertz CT molecular complexity index is 1210. The van der Waals surface area contributed by atoms with Crippen LogP contribution in [0.25, 0.3) is 0 Å². The van der Waals surface area contributed by atoms with Gasteiger partial charge in [0.1, 0.15) is 17.2 Å². The minimum absolute atomic E-state index is 0. The number of carbonyl (C=O) groups is 1. The summed E-state index contributed by atoms with van der Waals surface area (Å²) in [7, 11) is 0. The molecule has 0 aliphatic rings. The topological polar surface area (TPSA) is 85.1 Å². The molecule has 12 heteroatoms. The van der Waals surface area contributed by atoms with Crippen LogP contribution in [0.1, 0.15) is 53.2 Å². The highest BCUT2D eigenvalue weighted by Gasteiger charge is 2.33. The highest BCUT2D eigenvalue weighted by Crippen LogP contribution is 2.42. The van der Waals surface area contributed by atoms with Crippen molar-refractivity contribution < 1.29 is 18.5 Å². The van der Waals surface area contributed by atoms with E-state index in [1.165, 1.54) is 6.07 Å². The van der Waals surface area contributed by atoms with E-state index in [4.69, 9.17) is 23.2 Å². The molecule has 1 unspecified atom stereocenters. The lowest BCUT2D eigenvalue weighted by Gasteiger charge is -2.21. The maximum Gasteiger partial charge on any atom is 0.263 e. The SMILES string of the molecule is Br.CC(C)(C)c1nc(NC(=O)c2c(F)cccc2F)sc1C(C[N+](=O)[O-])c1ccc(Cl)cc1Cl. The molecule has 3 rings (SSSR count). The smallest absolute Gasteiger partial charge is 0.263 e. The molecule has 0 saturated heterocycles. The monoisotopic (exact) mass is 593 g/mol. The fourth-order valence-corrected chi connectivity index (χ4v) is 5.11. The number of nitrogens with zero attached hydrogens (tertiary/aromatic N) is 2. The average molecular weight is 595 g/mol. The molecule has 34 heavy (non-hydrogen) atoms. The van der Waals surface area contributed by atoms with Gasteiger partial charge in [0, 0.05) is 25.3 Å². The first-order valence-corrected chi connectivity index (χ1v) is 11.3. The standard InChI is InChI=1S/C22H19Cl2F2N3O3S.BrH/c1-22(2,3)19-18(13(10-29(31)32)12-8-7-11(23)9-14(12)24)33-21(27-19)28-20(30)17-15(25)5-4-6-16(17)26;/h4-9,13H,10H2,1-3H3,(H,27,28,30);1H. The van der Waals surface area contributed by atoms with E-state index in [1.807, 2.05) is 20.8 Å². The molecular weight excluding hydrogens is 575 g/mol. The second kappa shape index (κ2) is 11.1. The first kappa shape index (κ1) is 28.1. The minimum atomic E-state index is -1.01. The molecule has 0 aliphatic carbocycles. The summed E-state index contributed by atoms with van der Waals surface area (Å²) in [6, 6.07) is 7.78. The molecule has 1 aromatic heterocycles. The van der Waals surface area contributed by atoms with Gasteiger partial charge in [-0.25, -0.2) is 13.8 Å². The first-order valence-electron chi connectivity index (χ1n) is 9.71. The number of aromatic nitrogens is 1. The summed E-state index contributed by atoms with van der Waals surface area (Å²) in [5, 5.41) is 14.6. The van der Waals surface area contributed by atoms with Gasteiger partial charge in [-0.05, 0) is 29.8 Å². The van der Waals surface area contributed by atoms with Gasteiger partial charge in [0.25, 0.3) is 5.91 Å². The molecule has 0 radical (unpaired) electrons. The van der Waals surface area contributed by atoms with E-state index in [1.54, 1.807) is 12.1 Å². The van der Waals surface area contributed by atoms with Crippen molar-refractivity contribution in [2.75, 3.05) is 11.9 Å². The van der Waals surface area contributed by atoms with Crippen LogP contribution in [0.5, 0.6) is 0 Å². The normalized spacial score (nSPS) is 12.1. The van der Waals surface area contributed by atoms with Crippen LogP contribution in [0.3, 0.4) is 0 Å². The van der Waals surface area contributed by atoms with Crippen molar-refractivity contribution in [3.8, 4) is 0 Å². The molecule has 0 aliphatic heterocycles. The lowest BCUT2D eigenvalue weighted by atomic mass is 9.86. The molecule has 1 amide bonds. The molecule has 1 heterocycles. The van der Waals surface area contributed by atoms with E-state index in [0.29, 0.717) is 21.2 Å². The van der Waals surface area contributed by atoms with Gasteiger partial charge >= 0.3 is 0 Å². The van der Waals surface area contributed by atoms with E-state index >= 15 is 0 Å². The Kier molecular flexibility index (Phi) is 9.15. The molecular formula is C22H20BrCl2F2N3O3S. The zero-order valence-electron chi connectivity index (χ0n) is 18.2. The summed E-state index contributed by atoms with van der Waals surface area (Å²) in [5.41, 5.74) is -0.333. The summed E-state index contributed by atoms with van der Waals surface area (Å²) < 4.78 is 28.1. The van der Waals surface area contributed by atoms with Crippen molar-refractivity contribution in [3.63, 3.8) is 0 Å². The zero-order chi connectivity index (χ0) is 24.5. The van der Waals surface area contributed by atoms with Crippen LogP contribution in [-0.2, 0) is 5.41 Å². The van der Waals surface area contributed by atoms with Gasteiger partial charge in [0.15, 0.2) is 5.13 Å². The predicted molar refractivity (Wildman–Crippen MR) is 136 cm³/mol. The van der Waals surface area contributed by atoms with Crippen LogP contribution in [0.4, 0.5) is 13.9 Å². The van der Waals surface area contributed by atoms with Crippen molar-refractivity contribution in [1.29, 1.82) is 0 Å². The molecule has 0 spiro atoms. The predicted octanol–water partition coefficient (Wildman–Crippen LogP) is 7.26. The molecule has 1 atom stereocenters. The largest absolute Gasteiger partial charge is 0.298 e. The Morgan fingerprint density at radius 1 is 1.21 bits per heavy atom. The highest BCUT2D eigenvalue weighted by molar-refractivity contribution is 8.93. The molecule has 0 fully saturated rings. The summed E-state index contributed by atoms with van der Waals surface area (Å²) >= 11 is 13.3. The van der Waals surface area contributed by atoms with Crippen LogP contribution in [-0.4, -0.2) is 22.4 Å². The number of halogens is 5. The number of hydrogen-bond donors (Lipinski definition) is 1. The van der Waals surface area contributed by atoms with Gasteiger partial charge in [-0.2, -0.15) is 0 Å². The van der Waals surface area contributed by atoms with Gasteiger partial charge in [0.05, 0.1) is 11.6 Å². The Hall–Kier alpha value is -2.14. The third-order valence-electron chi connectivity index (χ3n) is 4.76. The Morgan fingerprint density at radius 3 is 2.35 bits per heavy atom. The summed E-state index contributed by atoms with van der Waals surface area (Å²) in [6.07, 6.45) is 0. The zero-order valence-corrected chi connectivity index (χ0v) is 22.2. The van der Waals surface area contributed by atoms with Crippen molar-refractivity contribution in [1.82, 2.24) is 4.98 Å². The summed E-state index contributed by atoms with van der Waals surface area (Å²) in [4.78, 5) is 28.6. The Balaban J connectivity index is 0.00000408. The van der Waals surface area contributed by atoms with E-state index in [0.717, 1.165) is 29.5 Å². The average Bonchev–Trinajstić information content (AvgIpc) is 3.10. The fourth-order valence-electron chi connectivity index (χ4n) is 3.29. The molecule has 3 aromatic rings. The van der Waals surface area contributed by atoms with E-state index in [9.17, 15) is 23.7 Å². The van der Waals surface area contributed by atoms with Crippen molar-refractivity contribution in [2.24, 2.45) is 0 Å². The summed E-state index contributed by atoms with van der Waals surface area (Å²) in [5.74, 6) is -3.83. The Morgan fingerprint density at radius 2 is 1.82 bits per heavy atom. The number of nitrogens with one attached hydrogen (secondary N) is 1. The number of carbonyl (C=O) groups excluding carboxylic acids is 1. The number of anilines is 1. The number of hydrogen-bond acceptors (Lipinski definition) is 5. The molecule has 182 valence electrons. The minimum Gasteiger partial charge on any atom is -0.298 e. The maximum atomic E-state index is 14.0. The molecule has 0 saturated carbocycles. The van der Waals surface area contributed by atoms with Gasteiger partial charge in [-0.1, -0.05) is 56.1 Å². The Labute approximate surface area is 219 Å². The van der Waals surface area contributed by atoms with E-state index in [-0.39, 0.29) is 27.1 Å². The van der Waals surface area contributed by atoms with E-state index in [2.05, 4.69) is 10.3 Å². The molecule has 2 aromatic carbocycles. The second-order valence-electron chi connectivity index (χ2n) is 8.27. The molecule has 1 N–H and O–H groups in total. The van der Waals surface area contributed by atoms with E-state index < -0.39 is 45.9 Å². The fraction of sp³-hybridized carbons (Fsp3) is 0.273. The highest BCUT2D eigenvalue weighted by atomic mass is 79.9. The van der Waals surface area contributed by atoms with Crippen LogP contribution in [0.15, 0.2) is 36.4 Å². The van der Waals surface area contributed by atoms with Crippen molar-refractivity contribution in [3.05, 3.63) is 89.9 Å². The number of nitro groups is 1. The van der Waals surface area contributed by atoms with Crippen LogP contribution < -0.4 is 5.32 Å². The van der Waals surface area contributed by atoms with Crippen LogP contribution >= 0.6 is 51.5 Å². The number of amides is 1.